The first-order chi connectivity index (χ1) is 5.90. The van der Waals surface area contributed by atoms with Crippen molar-refractivity contribution >= 4 is 0 Å². The van der Waals surface area contributed by atoms with Crippen LogP contribution in [0.25, 0.3) is 0 Å². The van der Waals surface area contributed by atoms with Crippen LogP contribution in [0.15, 0.2) is 4.52 Å². The minimum Gasteiger partial charge on any atom is -0.338 e. The molecule has 0 spiro atoms. The van der Waals surface area contributed by atoms with Crippen LogP contribution >= 0.6 is 0 Å². The predicted molar refractivity (Wildman–Crippen MR) is 42.2 cm³/mol. The van der Waals surface area contributed by atoms with Crippen molar-refractivity contribution in [3.05, 3.63) is 11.7 Å². The van der Waals surface area contributed by atoms with Crippen LogP contribution in [0.2, 0.25) is 0 Å². The van der Waals surface area contributed by atoms with Gasteiger partial charge in [0.15, 0.2) is 5.82 Å². The fraction of sp³-hybridized carbons (Fsp3) is 0.714. The SMILES string of the molecule is NCc1nc(C2CCCN2)no1. The summed E-state index contributed by atoms with van der Waals surface area (Å²) >= 11 is 0. The molecule has 1 aromatic rings. The average molecular weight is 168 g/mol. The molecule has 0 bridgehead atoms. The minimum absolute atomic E-state index is 0.272. The van der Waals surface area contributed by atoms with Gasteiger partial charge < -0.3 is 15.6 Å². The highest BCUT2D eigenvalue weighted by Crippen LogP contribution is 2.19. The first-order valence-corrected chi connectivity index (χ1v) is 4.16. The zero-order valence-corrected chi connectivity index (χ0v) is 6.79. The first-order valence-electron chi connectivity index (χ1n) is 4.16. The van der Waals surface area contributed by atoms with E-state index in [9.17, 15) is 0 Å². The van der Waals surface area contributed by atoms with Crippen molar-refractivity contribution in [2.75, 3.05) is 6.54 Å². The van der Waals surface area contributed by atoms with E-state index in [1.165, 1.54) is 6.42 Å². The van der Waals surface area contributed by atoms with Gasteiger partial charge in [0.1, 0.15) is 0 Å². The fourth-order valence-corrected chi connectivity index (χ4v) is 1.40. The Balaban J connectivity index is 2.11. The van der Waals surface area contributed by atoms with Gasteiger partial charge in [0.25, 0.3) is 0 Å². The Morgan fingerprint density at radius 3 is 3.17 bits per heavy atom. The molecule has 1 aliphatic rings. The maximum absolute atomic E-state index is 5.35. The van der Waals surface area contributed by atoms with Crippen LogP contribution in [0.3, 0.4) is 0 Å². The number of nitrogens with two attached hydrogens (primary N) is 1. The largest absolute Gasteiger partial charge is 0.338 e. The van der Waals surface area contributed by atoms with Crippen molar-refractivity contribution in [1.82, 2.24) is 15.5 Å². The molecule has 0 amide bonds. The molecule has 5 heteroatoms. The summed E-state index contributed by atoms with van der Waals surface area (Å²) in [6, 6.07) is 0.272. The van der Waals surface area contributed by atoms with Crippen LogP contribution < -0.4 is 11.1 Å². The van der Waals surface area contributed by atoms with Crippen LogP contribution in [0, 0.1) is 0 Å². The first kappa shape index (κ1) is 7.70. The Labute approximate surface area is 70.3 Å². The maximum atomic E-state index is 5.35. The van der Waals surface area contributed by atoms with Gasteiger partial charge in [-0.15, -0.1) is 0 Å². The summed E-state index contributed by atoms with van der Waals surface area (Å²) in [4.78, 5) is 4.15. The van der Waals surface area contributed by atoms with Gasteiger partial charge in [-0.1, -0.05) is 5.16 Å². The Bertz CT molecular complexity index is 254. The topological polar surface area (TPSA) is 77.0 Å². The Hall–Kier alpha value is -0.940. The van der Waals surface area contributed by atoms with Gasteiger partial charge in [0.2, 0.25) is 5.89 Å². The molecule has 5 nitrogen and oxygen atoms in total. The molecule has 3 N–H and O–H groups in total. The number of aromatic nitrogens is 2. The molecule has 66 valence electrons. The highest BCUT2D eigenvalue weighted by Gasteiger charge is 2.20. The van der Waals surface area contributed by atoms with Gasteiger partial charge >= 0.3 is 0 Å². The number of hydrogen-bond donors (Lipinski definition) is 2. The molecule has 0 saturated carbocycles. The summed E-state index contributed by atoms with van der Waals surface area (Å²) in [5.41, 5.74) is 5.35. The van der Waals surface area contributed by atoms with E-state index in [1.807, 2.05) is 0 Å². The Kier molecular flexibility index (Phi) is 2.05. The minimum atomic E-state index is 0.272. The molecule has 1 saturated heterocycles. The normalized spacial score (nSPS) is 23.2. The molecule has 0 radical (unpaired) electrons. The van der Waals surface area contributed by atoms with Crippen LogP contribution in [-0.4, -0.2) is 16.7 Å². The molecular weight excluding hydrogens is 156 g/mol. The van der Waals surface area contributed by atoms with Crippen molar-refractivity contribution in [3.63, 3.8) is 0 Å². The van der Waals surface area contributed by atoms with Crippen LogP contribution in [0.1, 0.15) is 30.6 Å². The van der Waals surface area contributed by atoms with Crippen LogP contribution in [0.4, 0.5) is 0 Å². The maximum Gasteiger partial charge on any atom is 0.240 e. The van der Waals surface area contributed by atoms with Gasteiger partial charge in [-0.25, -0.2) is 0 Å². The molecule has 1 aromatic heterocycles. The van der Waals surface area contributed by atoms with Gasteiger partial charge in [0.05, 0.1) is 12.6 Å². The summed E-state index contributed by atoms with van der Waals surface area (Å²) < 4.78 is 4.90. The second-order valence-corrected chi connectivity index (χ2v) is 2.90. The van der Waals surface area contributed by atoms with E-state index >= 15 is 0 Å². The number of nitrogens with one attached hydrogen (secondary N) is 1. The molecule has 0 aromatic carbocycles. The second-order valence-electron chi connectivity index (χ2n) is 2.90. The highest BCUT2D eigenvalue weighted by atomic mass is 16.5. The van der Waals surface area contributed by atoms with E-state index < -0.39 is 0 Å². The fourth-order valence-electron chi connectivity index (χ4n) is 1.40. The molecule has 0 aliphatic carbocycles. The van der Waals surface area contributed by atoms with Crippen LogP contribution in [0.5, 0.6) is 0 Å². The third-order valence-electron chi connectivity index (χ3n) is 2.03. The van der Waals surface area contributed by atoms with Gasteiger partial charge in [-0.2, -0.15) is 4.98 Å². The predicted octanol–water partition coefficient (Wildman–Crippen LogP) is -0.0472. The van der Waals surface area contributed by atoms with Gasteiger partial charge in [-0.3, -0.25) is 0 Å². The van der Waals surface area contributed by atoms with Crippen molar-refractivity contribution in [3.8, 4) is 0 Å². The lowest BCUT2D eigenvalue weighted by molar-refractivity contribution is 0.369. The van der Waals surface area contributed by atoms with E-state index in [1.54, 1.807) is 0 Å². The van der Waals surface area contributed by atoms with Crippen molar-refractivity contribution in [2.45, 2.75) is 25.4 Å². The van der Waals surface area contributed by atoms with E-state index in [-0.39, 0.29) is 6.04 Å². The quantitative estimate of drug-likeness (QED) is 0.647. The molecule has 1 aliphatic heterocycles. The number of nitrogens with zero attached hydrogens (tertiary/aromatic N) is 2. The number of hydrogen-bond acceptors (Lipinski definition) is 5. The summed E-state index contributed by atoms with van der Waals surface area (Å²) in [5.74, 6) is 1.26. The Morgan fingerprint density at radius 2 is 2.58 bits per heavy atom. The third-order valence-corrected chi connectivity index (χ3v) is 2.03. The Morgan fingerprint density at radius 1 is 1.67 bits per heavy atom. The third kappa shape index (κ3) is 1.33. The van der Waals surface area contributed by atoms with E-state index in [4.69, 9.17) is 10.3 Å². The molecular formula is C7H12N4O. The van der Waals surface area contributed by atoms with E-state index in [2.05, 4.69) is 15.5 Å². The average Bonchev–Trinajstić information content (AvgIpc) is 2.75. The number of rotatable bonds is 2. The second kappa shape index (κ2) is 3.20. The summed E-state index contributed by atoms with van der Waals surface area (Å²) in [7, 11) is 0. The van der Waals surface area contributed by atoms with Gasteiger partial charge in [0, 0.05) is 0 Å². The standard InChI is InChI=1S/C7H12N4O/c8-4-6-10-7(11-12-6)5-2-1-3-9-5/h5,9H,1-4,8H2. The highest BCUT2D eigenvalue weighted by molar-refractivity contribution is 4.96. The summed E-state index contributed by atoms with van der Waals surface area (Å²) in [6.07, 6.45) is 2.26. The molecule has 2 heterocycles. The van der Waals surface area contributed by atoms with Gasteiger partial charge in [-0.05, 0) is 19.4 Å². The smallest absolute Gasteiger partial charge is 0.240 e. The van der Waals surface area contributed by atoms with E-state index in [0.29, 0.717) is 12.4 Å². The summed E-state index contributed by atoms with van der Waals surface area (Å²) in [6.45, 7) is 1.36. The lowest BCUT2D eigenvalue weighted by atomic mass is 10.2. The molecule has 2 rings (SSSR count). The zero-order chi connectivity index (χ0) is 8.39. The summed E-state index contributed by atoms with van der Waals surface area (Å²) in [5, 5.41) is 7.12. The molecule has 12 heavy (non-hydrogen) atoms. The zero-order valence-electron chi connectivity index (χ0n) is 6.79. The van der Waals surface area contributed by atoms with Crippen molar-refractivity contribution in [1.29, 1.82) is 0 Å². The van der Waals surface area contributed by atoms with Crippen molar-refractivity contribution < 1.29 is 4.52 Å². The molecule has 1 unspecified atom stereocenters. The van der Waals surface area contributed by atoms with E-state index in [0.717, 1.165) is 18.8 Å². The van der Waals surface area contributed by atoms with Crippen LogP contribution in [-0.2, 0) is 6.54 Å². The van der Waals surface area contributed by atoms with Crippen molar-refractivity contribution in [2.24, 2.45) is 5.73 Å². The molecule has 1 atom stereocenters. The monoisotopic (exact) mass is 168 g/mol. The lowest BCUT2D eigenvalue weighted by Crippen LogP contribution is -2.14. The molecule has 1 fully saturated rings. The lowest BCUT2D eigenvalue weighted by Gasteiger charge is -2.01.